The van der Waals surface area contributed by atoms with Crippen molar-refractivity contribution in [2.24, 2.45) is 7.05 Å². The summed E-state index contributed by atoms with van der Waals surface area (Å²) in [5.41, 5.74) is 0.564. The summed E-state index contributed by atoms with van der Waals surface area (Å²) in [5, 5.41) is 0. The molecule has 1 aromatic rings. The Kier molecular flexibility index (Phi) is 7.44. The SMILES string of the molecule is CCOC(=O)c1ncc([B-](OC(C)C)(OC(C)C)OC(C)C)n1C. The van der Waals surface area contributed by atoms with Gasteiger partial charge in [-0.25, -0.2) is 9.78 Å². The zero-order valence-electron chi connectivity index (χ0n) is 16.0. The average molecular weight is 341 g/mol. The topological polar surface area (TPSA) is 71.8 Å². The Morgan fingerprint density at radius 2 is 1.54 bits per heavy atom. The molecule has 8 heteroatoms. The highest BCUT2D eigenvalue weighted by atomic mass is 16.8. The van der Waals surface area contributed by atoms with E-state index in [-0.39, 0.29) is 30.7 Å². The number of ether oxygens (including phenoxy) is 1. The summed E-state index contributed by atoms with van der Waals surface area (Å²) in [5.74, 6) is -0.306. The van der Waals surface area contributed by atoms with E-state index in [1.54, 1.807) is 24.7 Å². The van der Waals surface area contributed by atoms with Gasteiger partial charge in [-0.3, -0.25) is 0 Å². The highest BCUT2D eigenvalue weighted by Gasteiger charge is 2.38. The van der Waals surface area contributed by atoms with Crippen LogP contribution in [0.3, 0.4) is 0 Å². The molecular weight excluding hydrogens is 311 g/mol. The van der Waals surface area contributed by atoms with E-state index in [0.29, 0.717) is 5.59 Å². The van der Waals surface area contributed by atoms with Crippen molar-refractivity contribution in [1.29, 1.82) is 0 Å². The summed E-state index contributed by atoms with van der Waals surface area (Å²) in [7, 11) is 1.72. The molecule has 0 atom stereocenters. The van der Waals surface area contributed by atoms with Crippen molar-refractivity contribution in [3.8, 4) is 0 Å². The molecule has 138 valence electrons. The lowest BCUT2D eigenvalue weighted by Crippen LogP contribution is -2.62. The summed E-state index contributed by atoms with van der Waals surface area (Å²) in [4.78, 5) is 16.2. The number of carbonyl (C=O) groups is 1. The van der Waals surface area contributed by atoms with Gasteiger partial charge in [-0.1, -0.05) is 0 Å². The quantitative estimate of drug-likeness (QED) is 0.505. The van der Waals surface area contributed by atoms with E-state index in [4.69, 9.17) is 18.7 Å². The molecule has 0 aliphatic carbocycles. The van der Waals surface area contributed by atoms with Gasteiger partial charge in [0.15, 0.2) is 0 Å². The molecule has 7 nitrogen and oxygen atoms in total. The average Bonchev–Trinajstić information content (AvgIpc) is 2.78. The van der Waals surface area contributed by atoms with Gasteiger partial charge in [0.25, 0.3) is 0 Å². The first-order chi connectivity index (χ1) is 11.1. The minimum atomic E-state index is -2.27. The number of imidazole rings is 1. The van der Waals surface area contributed by atoms with Gasteiger partial charge in [0, 0.05) is 31.6 Å². The molecule has 1 heterocycles. The van der Waals surface area contributed by atoms with E-state index in [9.17, 15) is 4.79 Å². The molecule has 1 rings (SSSR count). The Labute approximate surface area is 144 Å². The maximum absolute atomic E-state index is 12.1. The fourth-order valence-corrected chi connectivity index (χ4v) is 2.52. The van der Waals surface area contributed by atoms with Gasteiger partial charge in [0.2, 0.25) is 5.82 Å². The van der Waals surface area contributed by atoms with Crippen molar-refractivity contribution in [3.63, 3.8) is 0 Å². The van der Waals surface area contributed by atoms with Crippen LogP contribution < -0.4 is 5.59 Å². The largest absolute Gasteiger partial charge is 0.538 e. The highest BCUT2D eigenvalue weighted by molar-refractivity contribution is 6.74. The molecular formula is C16H30BN2O5-. The maximum Gasteiger partial charge on any atom is 0.427 e. The van der Waals surface area contributed by atoms with Crippen LogP contribution in [0.5, 0.6) is 0 Å². The van der Waals surface area contributed by atoms with Crippen LogP contribution in [-0.2, 0) is 25.7 Å². The van der Waals surface area contributed by atoms with Crippen LogP contribution in [0.15, 0.2) is 6.20 Å². The summed E-state index contributed by atoms with van der Waals surface area (Å²) >= 11 is 0. The molecule has 24 heavy (non-hydrogen) atoms. The van der Waals surface area contributed by atoms with Crippen LogP contribution in [0.25, 0.3) is 0 Å². The summed E-state index contributed by atoms with van der Waals surface area (Å²) in [6, 6.07) is 0. The Hall–Kier alpha value is -1.38. The maximum atomic E-state index is 12.1. The number of carbonyl (C=O) groups excluding carboxylic acids is 1. The van der Waals surface area contributed by atoms with E-state index in [0.717, 1.165) is 0 Å². The van der Waals surface area contributed by atoms with Crippen molar-refractivity contribution >= 4 is 18.3 Å². The van der Waals surface area contributed by atoms with E-state index in [1.807, 2.05) is 41.5 Å². The molecule has 0 bridgehead atoms. The lowest BCUT2D eigenvalue weighted by Gasteiger charge is -2.46. The van der Waals surface area contributed by atoms with Crippen LogP contribution in [0.2, 0.25) is 0 Å². The molecule has 0 aromatic carbocycles. The Bertz CT molecular complexity index is 516. The molecule has 0 fully saturated rings. The van der Waals surface area contributed by atoms with E-state index in [2.05, 4.69) is 4.98 Å². The number of hydrogen-bond acceptors (Lipinski definition) is 6. The Morgan fingerprint density at radius 1 is 1.08 bits per heavy atom. The number of esters is 1. The van der Waals surface area contributed by atoms with E-state index in [1.165, 1.54) is 0 Å². The predicted molar refractivity (Wildman–Crippen MR) is 93.2 cm³/mol. The fraction of sp³-hybridized carbons (Fsp3) is 0.750. The third-order valence-electron chi connectivity index (χ3n) is 3.20. The normalized spacial score (nSPS) is 12.5. The summed E-state index contributed by atoms with van der Waals surface area (Å²) < 4.78 is 24.9. The number of nitrogens with zero attached hydrogens (tertiary/aromatic N) is 2. The Morgan fingerprint density at radius 3 is 1.92 bits per heavy atom. The zero-order chi connectivity index (χ0) is 18.5. The van der Waals surface area contributed by atoms with Crippen molar-refractivity contribution < 1.29 is 23.5 Å². The lowest BCUT2D eigenvalue weighted by molar-refractivity contribution is 0.0142. The van der Waals surface area contributed by atoms with Gasteiger partial charge in [0.1, 0.15) is 0 Å². The van der Waals surface area contributed by atoms with Crippen LogP contribution in [0, 0.1) is 0 Å². The highest BCUT2D eigenvalue weighted by Crippen LogP contribution is 2.18. The van der Waals surface area contributed by atoms with Crippen molar-refractivity contribution in [3.05, 3.63) is 12.0 Å². The van der Waals surface area contributed by atoms with Crippen molar-refractivity contribution in [2.75, 3.05) is 6.61 Å². The van der Waals surface area contributed by atoms with Crippen molar-refractivity contribution in [1.82, 2.24) is 9.55 Å². The molecule has 0 radical (unpaired) electrons. The smallest absolute Gasteiger partial charge is 0.427 e. The number of aromatic nitrogens is 2. The first-order valence-corrected chi connectivity index (χ1v) is 8.49. The van der Waals surface area contributed by atoms with Gasteiger partial charge >= 0.3 is 12.7 Å². The summed E-state index contributed by atoms with van der Waals surface area (Å²) in [6.45, 7) is 11.2. The third-order valence-corrected chi connectivity index (χ3v) is 3.20. The number of rotatable bonds is 9. The van der Waals surface area contributed by atoms with Gasteiger partial charge < -0.3 is 23.3 Å². The van der Waals surface area contributed by atoms with Gasteiger partial charge in [-0.05, 0) is 54.1 Å². The summed E-state index contributed by atoms with van der Waals surface area (Å²) in [6.07, 6.45) is 1.15. The minimum absolute atomic E-state index is 0.136. The van der Waals surface area contributed by atoms with Crippen molar-refractivity contribution in [2.45, 2.75) is 66.8 Å². The molecule has 0 aliphatic heterocycles. The molecule has 0 N–H and O–H groups in total. The second-order valence-corrected chi connectivity index (χ2v) is 6.48. The molecule has 0 amide bonds. The molecule has 0 unspecified atom stereocenters. The molecule has 0 aliphatic rings. The lowest BCUT2D eigenvalue weighted by atomic mass is 9.72. The zero-order valence-corrected chi connectivity index (χ0v) is 16.0. The fourth-order valence-electron chi connectivity index (χ4n) is 2.52. The minimum Gasteiger partial charge on any atom is -0.538 e. The molecule has 1 aromatic heterocycles. The van der Waals surface area contributed by atoms with E-state index >= 15 is 0 Å². The second-order valence-electron chi connectivity index (χ2n) is 6.48. The molecule has 0 spiro atoms. The predicted octanol–water partition coefficient (Wildman–Crippen LogP) is 2.02. The van der Waals surface area contributed by atoms with Crippen LogP contribution in [0.1, 0.15) is 59.1 Å². The van der Waals surface area contributed by atoms with Gasteiger partial charge in [-0.2, -0.15) is 0 Å². The standard InChI is InChI=1S/C16H30BN2O5/c1-9-21-16(20)15-18-10-14(19(15)8)17(22-11(2)3,23-12(4)5)24-13(6)7/h10-13H,9H2,1-8H3/q-1. The van der Waals surface area contributed by atoms with Gasteiger partial charge in [0.05, 0.1) is 6.61 Å². The first-order valence-electron chi connectivity index (χ1n) is 8.49. The number of hydrogen-bond donors (Lipinski definition) is 0. The monoisotopic (exact) mass is 341 g/mol. The Balaban J connectivity index is 3.39. The van der Waals surface area contributed by atoms with E-state index < -0.39 is 12.7 Å². The molecule has 0 saturated carbocycles. The second kappa shape index (κ2) is 8.64. The van der Waals surface area contributed by atoms with Crippen LogP contribution in [0.4, 0.5) is 0 Å². The van der Waals surface area contributed by atoms with Crippen LogP contribution in [-0.4, -0.2) is 47.2 Å². The third kappa shape index (κ3) is 5.06. The van der Waals surface area contributed by atoms with Gasteiger partial charge in [-0.15, -0.1) is 0 Å². The van der Waals surface area contributed by atoms with Crippen LogP contribution >= 0.6 is 0 Å². The first kappa shape index (κ1) is 20.7. The molecule has 0 saturated heterocycles.